The fourth-order valence-electron chi connectivity index (χ4n) is 2.81. The summed E-state index contributed by atoms with van der Waals surface area (Å²) in [4.78, 5) is 4.61. The van der Waals surface area contributed by atoms with E-state index in [0.717, 1.165) is 44.0 Å². The molecule has 17 heavy (non-hydrogen) atoms. The summed E-state index contributed by atoms with van der Waals surface area (Å²) < 4.78 is 1.99. The van der Waals surface area contributed by atoms with E-state index in [1.165, 1.54) is 12.8 Å². The lowest BCUT2D eigenvalue weighted by Crippen LogP contribution is -2.24. The molecule has 2 unspecified atom stereocenters. The molecule has 1 saturated heterocycles. The van der Waals surface area contributed by atoms with Crippen LogP contribution in [0.4, 0.5) is 0 Å². The molecule has 1 fully saturated rings. The molecule has 2 aliphatic heterocycles. The molecule has 0 radical (unpaired) electrons. The van der Waals surface area contributed by atoms with Crippen LogP contribution in [0.15, 0.2) is 0 Å². The number of nitrogens with zero attached hydrogens (tertiary/aromatic N) is 3. The van der Waals surface area contributed by atoms with E-state index in [2.05, 4.69) is 15.4 Å². The van der Waals surface area contributed by atoms with Crippen molar-refractivity contribution >= 4 is 0 Å². The molecular weight excluding hydrogens is 216 g/mol. The lowest BCUT2D eigenvalue weighted by molar-refractivity contribution is 0.185. The molecule has 5 nitrogen and oxygen atoms in total. The fourth-order valence-corrected chi connectivity index (χ4v) is 2.81. The van der Waals surface area contributed by atoms with Gasteiger partial charge in [0.25, 0.3) is 0 Å². The molecule has 0 aliphatic carbocycles. The van der Waals surface area contributed by atoms with Gasteiger partial charge in [-0.05, 0) is 25.8 Å². The SMILES string of the molecule is OCC1CCc2nc(CC3CCCN3)nn2C1. The monoisotopic (exact) mass is 236 g/mol. The zero-order valence-electron chi connectivity index (χ0n) is 10.1. The Kier molecular flexibility index (Phi) is 3.11. The van der Waals surface area contributed by atoms with Crippen molar-refractivity contribution in [2.45, 2.75) is 44.7 Å². The molecule has 1 aromatic heterocycles. The van der Waals surface area contributed by atoms with Crippen LogP contribution < -0.4 is 5.32 Å². The summed E-state index contributed by atoms with van der Waals surface area (Å²) in [5, 5.41) is 17.2. The second-order valence-electron chi connectivity index (χ2n) is 5.21. The highest BCUT2D eigenvalue weighted by atomic mass is 16.3. The van der Waals surface area contributed by atoms with Crippen LogP contribution in [0.3, 0.4) is 0 Å². The quantitative estimate of drug-likeness (QED) is 0.783. The van der Waals surface area contributed by atoms with E-state index in [-0.39, 0.29) is 6.61 Å². The van der Waals surface area contributed by atoms with Gasteiger partial charge in [0.05, 0.1) is 0 Å². The van der Waals surface area contributed by atoms with E-state index >= 15 is 0 Å². The van der Waals surface area contributed by atoms with Crippen molar-refractivity contribution in [3.8, 4) is 0 Å². The Morgan fingerprint density at radius 1 is 1.41 bits per heavy atom. The number of aromatic nitrogens is 3. The van der Waals surface area contributed by atoms with Gasteiger partial charge in [-0.1, -0.05) is 0 Å². The van der Waals surface area contributed by atoms with Crippen molar-refractivity contribution in [2.24, 2.45) is 5.92 Å². The van der Waals surface area contributed by atoms with Crippen LogP contribution in [0.1, 0.15) is 30.9 Å². The normalized spacial score (nSPS) is 28.3. The first-order valence-electron chi connectivity index (χ1n) is 6.62. The summed E-state index contributed by atoms with van der Waals surface area (Å²) >= 11 is 0. The van der Waals surface area contributed by atoms with Gasteiger partial charge in [0.1, 0.15) is 5.82 Å². The highest BCUT2D eigenvalue weighted by Gasteiger charge is 2.23. The molecule has 3 heterocycles. The molecule has 2 N–H and O–H groups in total. The van der Waals surface area contributed by atoms with Gasteiger partial charge in [0.2, 0.25) is 0 Å². The Labute approximate surface area is 101 Å². The molecule has 1 aromatic rings. The molecule has 0 spiro atoms. The molecule has 5 heteroatoms. The maximum atomic E-state index is 9.18. The summed E-state index contributed by atoms with van der Waals surface area (Å²) in [6, 6.07) is 0.563. The van der Waals surface area contributed by atoms with E-state index in [1.807, 2.05) is 4.68 Å². The second-order valence-corrected chi connectivity index (χ2v) is 5.21. The third kappa shape index (κ3) is 2.35. The Balaban J connectivity index is 1.69. The second kappa shape index (κ2) is 4.74. The number of fused-ring (bicyclic) bond motifs is 1. The highest BCUT2D eigenvalue weighted by Crippen LogP contribution is 2.19. The third-order valence-electron chi connectivity index (χ3n) is 3.85. The fraction of sp³-hybridized carbons (Fsp3) is 0.833. The molecule has 2 atom stereocenters. The maximum absolute atomic E-state index is 9.18. The molecular formula is C12H20N4O. The molecule has 0 amide bonds. The van der Waals surface area contributed by atoms with Gasteiger partial charge < -0.3 is 10.4 Å². The van der Waals surface area contributed by atoms with Crippen LogP contribution in [0.25, 0.3) is 0 Å². The average Bonchev–Trinajstić information content (AvgIpc) is 2.96. The topological polar surface area (TPSA) is 63.0 Å². The standard InChI is InChI=1S/C12H20N4O/c17-8-9-3-4-12-14-11(15-16(12)7-9)6-10-2-1-5-13-10/h9-10,13,17H,1-8H2. The Morgan fingerprint density at radius 3 is 3.12 bits per heavy atom. The van der Waals surface area contributed by atoms with E-state index < -0.39 is 0 Å². The van der Waals surface area contributed by atoms with E-state index in [0.29, 0.717) is 12.0 Å². The Bertz CT molecular complexity index is 384. The van der Waals surface area contributed by atoms with Gasteiger partial charge in [-0.15, -0.1) is 0 Å². The molecule has 2 aliphatic rings. The zero-order valence-corrected chi connectivity index (χ0v) is 10.1. The minimum Gasteiger partial charge on any atom is -0.396 e. The van der Waals surface area contributed by atoms with Crippen molar-refractivity contribution < 1.29 is 5.11 Å². The van der Waals surface area contributed by atoms with Gasteiger partial charge in [0, 0.05) is 38.0 Å². The van der Waals surface area contributed by atoms with Crippen molar-refractivity contribution in [1.82, 2.24) is 20.1 Å². The predicted octanol–water partition coefficient (Wildman–Crippen LogP) is 0.127. The van der Waals surface area contributed by atoms with E-state index in [4.69, 9.17) is 0 Å². The minimum atomic E-state index is 0.263. The highest BCUT2D eigenvalue weighted by molar-refractivity contribution is 4.99. The number of hydrogen-bond acceptors (Lipinski definition) is 4. The maximum Gasteiger partial charge on any atom is 0.152 e. The van der Waals surface area contributed by atoms with E-state index in [9.17, 15) is 5.11 Å². The van der Waals surface area contributed by atoms with E-state index in [1.54, 1.807) is 0 Å². The number of aliphatic hydroxyl groups is 1. The molecule has 3 rings (SSSR count). The Morgan fingerprint density at radius 2 is 2.35 bits per heavy atom. The summed E-state index contributed by atoms with van der Waals surface area (Å²) in [6.45, 7) is 2.22. The van der Waals surface area contributed by atoms with Gasteiger partial charge in [-0.25, -0.2) is 9.67 Å². The number of rotatable bonds is 3. The van der Waals surface area contributed by atoms with Crippen LogP contribution in [-0.2, 0) is 19.4 Å². The number of nitrogens with one attached hydrogen (secondary N) is 1. The number of aliphatic hydroxyl groups excluding tert-OH is 1. The average molecular weight is 236 g/mol. The van der Waals surface area contributed by atoms with Gasteiger partial charge >= 0.3 is 0 Å². The van der Waals surface area contributed by atoms with Crippen LogP contribution in [-0.4, -0.2) is 39.1 Å². The summed E-state index contributed by atoms with van der Waals surface area (Å²) in [5.74, 6) is 2.43. The first-order chi connectivity index (χ1) is 8.35. The van der Waals surface area contributed by atoms with Crippen LogP contribution in [0.2, 0.25) is 0 Å². The largest absolute Gasteiger partial charge is 0.396 e. The first kappa shape index (κ1) is 11.2. The zero-order chi connectivity index (χ0) is 11.7. The smallest absolute Gasteiger partial charge is 0.152 e. The molecule has 0 aromatic carbocycles. The van der Waals surface area contributed by atoms with Crippen molar-refractivity contribution in [1.29, 1.82) is 0 Å². The third-order valence-corrected chi connectivity index (χ3v) is 3.85. The van der Waals surface area contributed by atoms with Crippen LogP contribution >= 0.6 is 0 Å². The number of aryl methyl sites for hydroxylation is 1. The minimum absolute atomic E-state index is 0.263. The molecule has 94 valence electrons. The van der Waals surface area contributed by atoms with Gasteiger partial charge in [0.15, 0.2) is 5.82 Å². The van der Waals surface area contributed by atoms with Crippen LogP contribution in [0.5, 0.6) is 0 Å². The Hall–Kier alpha value is -0.940. The van der Waals surface area contributed by atoms with Gasteiger partial charge in [-0.3, -0.25) is 0 Å². The first-order valence-corrected chi connectivity index (χ1v) is 6.62. The van der Waals surface area contributed by atoms with Crippen molar-refractivity contribution in [3.63, 3.8) is 0 Å². The molecule has 0 bridgehead atoms. The summed E-state index contributed by atoms with van der Waals surface area (Å²) in [6.07, 6.45) is 5.45. The summed E-state index contributed by atoms with van der Waals surface area (Å²) in [5.41, 5.74) is 0. The lowest BCUT2D eigenvalue weighted by Gasteiger charge is -2.19. The van der Waals surface area contributed by atoms with Crippen molar-refractivity contribution in [2.75, 3.05) is 13.2 Å². The lowest BCUT2D eigenvalue weighted by atomic mass is 10.0. The van der Waals surface area contributed by atoms with Crippen LogP contribution in [0, 0.1) is 5.92 Å². The summed E-state index contributed by atoms with van der Waals surface area (Å²) in [7, 11) is 0. The predicted molar refractivity (Wildman–Crippen MR) is 63.6 cm³/mol. The van der Waals surface area contributed by atoms with Crippen molar-refractivity contribution in [3.05, 3.63) is 11.6 Å². The van der Waals surface area contributed by atoms with Gasteiger partial charge in [-0.2, -0.15) is 5.10 Å². The number of hydrogen-bond donors (Lipinski definition) is 2. The molecule has 0 saturated carbocycles.